The number of carbonyl (C=O) groups excluding carboxylic acids is 1. The predicted octanol–water partition coefficient (Wildman–Crippen LogP) is 1.48. The first kappa shape index (κ1) is 8.31. The minimum Gasteiger partial charge on any atom is -0.356 e. The van der Waals surface area contributed by atoms with Gasteiger partial charge in [0.25, 0.3) is 0 Å². The van der Waals surface area contributed by atoms with Gasteiger partial charge in [-0.25, -0.2) is 0 Å². The average Bonchev–Trinajstić information content (AvgIpc) is 2.35. The smallest absolute Gasteiger partial charge is 0.243 e. The van der Waals surface area contributed by atoms with Crippen molar-refractivity contribution in [1.29, 1.82) is 0 Å². The molecule has 1 aliphatic carbocycles. The van der Waals surface area contributed by atoms with E-state index < -0.39 is 0 Å². The van der Waals surface area contributed by atoms with Gasteiger partial charge in [-0.05, 0) is 25.2 Å². The molecule has 62 valence electrons. The fourth-order valence-electron chi connectivity index (χ4n) is 1.47. The molecule has 1 N–H and O–H groups in total. The standard InChI is InChI=1S/C9H15NO/c1-7-3-4-8(5-7)6-9(11)10-2/h6-7H,3-5H2,1-2H3,(H,10,11)/b8-6-. The van der Waals surface area contributed by atoms with Gasteiger partial charge in [-0.15, -0.1) is 0 Å². The van der Waals surface area contributed by atoms with Gasteiger partial charge in [0.15, 0.2) is 0 Å². The number of likely N-dealkylation sites (N-methyl/N-ethyl adjacent to an activating group) is 1. The molecule has 0 spiro atoms. The number of allylic oxidation sites excluding steroid dienone is 1. The third kappa shape index (κ3) is 2.37. The first-order valence-corrected chi connectivity index (χ1v) is 4.13. The maximum Gasteiger partial charge on any atom is 0.243 e. The van der Waals surface area contributed by atoms with Crippen LogP contribution in [-0.4, -0.2) is 13.0 Å². The highest BCUT2D eigenvalue weighted by molar-refractivity contribution is 5.87. The Bertz CT molecular complexity index is 184. The molecule has 1 saturated carbocycles. The van der Waals surface area contributed by atoms with E-state index in [4.69, 9.17) is 0 Å². The van der Waals surface area contributed by atoms with E-state index in [1.165, 1.54) is 12.0 Å². The van der Waals surface area contributed by atoms with Crippen molar-refractivity contribution in [3.63, 3.8) is 0 Å². The van der Waals surface area contributed by atoms with Crippen molar-refractivity contribution >= 4 is 5.91 Å². The summed E-state index contributed by atoms with van der Waals surface area (Å²) in [5.74, 6) is 0.806. The van der Waals surface area contributed by atoms with Gasteiger partial charge < -0.3 is 5.32 Å². The van der Waals surface area contributed by atoms with E-state index >= 15 is 0 Å². The second-order valence-electron chi connectivity index (χ2n) is 3.26. The number of hydrogen-bond donors (Lipinski definition) is 1. The Balaban J connectivity index is 2.48. The summed E-state index contributed by atoms with van der Waals surface area (Å²) >= 11 is 0. The number of amides is 1. The zero-order chi connectivity index (χ0) is 8.27. The summed E-state index contributed by atoms with van der Waals surface area (Å²) < 4.78 is 0. The zero-order valence-corrected chi connectivity index (χ0v) is 7.18. The molecule has 2 heteroatoms. The summed E-state index contributed by atoms with van der Waals surface area (Å²) in [4.78, 5) is 10.9. The van der Waals surface area contributed by atoms with Gasteiger partial charge in [0, 0.05) is 13.1 Å². The summed E-state index contributed by atoms with van der Waals surface area (Å²) in [5, 5.41) is 2.59. The minimum atomic E-state index is 0.0362. The highest BCUT2D eigenvalue weighted by Crippen LogP contribution is 2.29. The lowest BCUT2D eigenvalue weighted by Crippen LogP contribution is -2.14. The van der Waals surface area contributed by atoms with E-state index in [9.17, 15) is 4.79 Å². The Morgan fingerprint density at radius 3 is 2.91 bits per heavy atom. The molecule has 0 aromatic rings. The quantitative estimate of drug-likeness (QED) is 0.568. The van der Waals surface area contributed by atoms with E-state index in [2.05, 4.69) is 12.2 Å². The summed E-state index contributed by atoms with van der Waals surface area (Å²) in [6, 6.07) is 0. The molecule has 1 unspecified atom stereocenters. The van der Waals surface area contributed by atoms with Crippen LogP contribution in [0.15, 0.2) is 11.6 Å². The Labute approximate surface area is 67.7 Å². The largest absolute Gasteiger partial charge is 0.356 e. The molecular formula is C9H15NO. The molecule has 2 nitrogen and oxygen atoms in total. The van der Waals surface area contributed by atoms with E-state index in [1.54, 1.807) is 13.1 Å². The number of rotatable bonds is 1. The molecule has 11 heavy (non-hydrogen) atoms. The van der Waals surface area contributed by atoms with Crippen LogP contribution in [0, 0.1) is 5.92 Å². The molecule has 1 atom stereocenters. The molecule has 1 fully saturated rings. The second kappa shape index (κ2) is 3.56. The highest BCUT2D eigenvalue weighted by Gasteiger charge is 2.14. The molecule has 1 aliphatic rings. The average molecular weight is 153 g/mol. The van der Waals surface area contributed by atoms with Crippen molar-refractivity contribution in [3.05, 3.63) is 11.6 Å². The third-order valence-electron chi connectivity index (χ3n) is 2.15. The number of nitrogens with one attached hydrogen (secondary N) is 1. The Kier molecular flexibility index (Phi) is 2.69. The molecule has 0 aromatic carbocycles. The Morgan fingerprint density at radius 2 is 2.45 bits per heavy atom. The van der Waals surface area contributed by atoms with Gasteiger partial charge in [0.05, 0.1) is 0 Å². The molecule has 0 saturated heterocycles. The predicted molar refractivity (Wildman–Crippen MR) is 45.2 cm³/mol. The van der Waals surface area contributed by atoms with Crippen LogP contribution in [-0.2, 0) is 4.79 Å². The Hall–Kier alpha value is -0.790. The van der Waals surface area contributed by atoms with E-state index in [1.807, 2.05) is 0 Å². The highest BCUT2D eigenvalue weighted by atomic mass is 16.1. The van der Waals surface area contributed by atoms with E-state index in [0.29, 0.717) is 0 Å². The monoisotopic (exact) mass is 153 g/mol. The van der Waals surface area contributed by atoms with Crippen LogP contribution in [0.25, 0.3) is 0 Å². The molecule has 0 heterocycles. The summed E-state index contributed by atoms with van der Waals surface area (Å²) in [6.07, 6.45) is 5.19. The molecule has 0 bridgehead atoms. The fraction of sp³-hybridized carbons (Fsp3) is 0.667. The first-order chi connectivity index (χ1) is 5.22. The first-order valence-electron chi connectivity index (χ1n) is 4.13. The van der Waals surface area contributed by atoms with Gasteiger partial charge in [-0.1, -0.05) is 12.5 Å². The lowest BCUT2D eigenvalue weighted by Gasteiger charge is -1.96. The number of hydrogen-bond acceptors (Lipinski definition) is 1. The normalized spacial score (nSPS) is 27.5. The lowest BCUT2D eigenvalue weighted by atomic mass is 10.1. The van der Waals surface area contributed by atoms with Crippen LogP contribution < -0.4 is 5.32 Å². The summed E-state index contributed by atoms with van der Waals surface area (Å²) in [5.41, 5.74) is 1.30. The van der Waals surface area contributed by atoms with Crippen LogP contribution >= 0.6 is 0 Å². The molecule has 0 aliphatic heterocycles. The molecule has 1 amide bonds. The number of carbonyl (C=O) groups is 1. The van der Waals surface area contributed by atoms with Crippen LogP contribution in [0.5, 0.6) is 0 Å². The summed E-state index contributed by atoms with van der Waals surface area (Å²) in [6.45, 7) is 2.23. The van der Waals surface area contributed by atoms with Crippen LogP contribution in [0.2, 0.25) is 0 Å². The van der Waals surface area contributed by atoms with Crippen LogP contribution in [0.4, 0.5) is 0 Å². The van der Waals surface area contributed by atoms with Gasteiger partial charge in [0.2, 0.25) is 5.91 Å². The van der Waals surface area contributed by atoms with Gasteiger partial charge in [0.1, 0.15) is 0 Å². The second-order valence-corrected chi connectivity index (χ2v) is 3.26. The maximum absolute atomic E-state index is 10.9. The topological polar surface area (TPSA) is 29.1 Å². The van der Waals surface area contributed by atoms with Crippen LogP contribution in [0.3, 0.4) is 0 Å². The van der Waals surface area contributed by atoms with Crippen LogP contribution in [0.1, 0.15) is 26.2 Å². The van der Waals surface area contributed by atoms with Gasteiger partial charge >= 0.3 is 0 Å². The van der Waals surface area contributed by atoms with E-state index in [0.717, 1.165) is 18.8 Å². The van der Waals surface area contributed by atoms with Crippen molar-refractivity contribution < 1.29 is 4.79 Å². The lowest BCUT2D eigenvalue weighted by molar-refractivity contribution is -0.116. The Morgan fingerprint density at radius 1 is 1.73 bits per heavy atom. The van der Waals surface area contributed by atoms with Crippen molar-refractivity contribution in [2.45, 2.75) is 26.2 Å². The van der Waals surface area contributed by atoms with Crippen molar-refractivity contribution in [2.24, 2.45) is 5.92 Å². The molecule has 1 rings (SSSR count). The summed E-state index contributed by atoms with van der Waals surface area (Å²) in [7, 11) is 1.66. The van der Waals surface area contributed by atoms with Crippen molar-refractivity contribution in [3.8, 4) is 0 Å². The molecule has 0 radical (unpaired) electrons. The third-order valence-corrected chi connectivity index (χ3v) is 2.15. The fourth-order valence-corrected chi connectivity index (χ4v) is 1.47. The van der Waals surface area contributed by atoms with Crippen molar-refractivity contribution in [2.75, 3.05) is 7.05 Å². The van der Waals surface area contributed by atoms with Gasteiger partial charge in [-0.2, -0.15) is 0 Å². The SMILES string of the molecule is CNC(=O)/C=C1/CCC(C)C1. The molecular weight excluding hydrogens is 138 g/mol. The van der Waals surface area contributed by atoms with Crippen molar-refractivity contribution in [1.82, 2.24) is 5.32 Å². The minimum absolute atomic E-state index is 0.0362. The van der Waals surface area contributed by atoms with Gasteiger partial charge in [-0.3, -0.25) is 4.79 Å². The maximum atomic E-state index is 10.9. The zero-order valence-electron chi connectivity index (χ0n) is 7.18. The van der Waals surface area contributed by atoms with E-state index in [-0.39, 0.29) is 5.91 Å². The molecule has 0 aromatic heterocycles.